The van der Waals surface area contributed by atoms with Crippen molar-refractivity contribution in [1.82, 2.24) is 0 Å². The topological polar surface area (TPSA) is 149 Å². The van der Waals surface area contributed by atoms with Crippen LogP contribution in [0.15, 0.2) is 0 Å². The molecule has 0 bridgehead atoms. The van der Waals surface area contributed by atoms with E-state index in [9.17, 15) is 39.6 Å². The van der Waals surface area contributed by atoms with Crippen molar-refractivity contribution in [3.63, 3.8) is 0 Å². The van der Waals surface area contributed by atoms with Gasteiger partial charge in [-0.2, -0.15) is 0 Å². The molecule has 4 atom stereocenters. The molecular formula is C43H80O8. The number of carbonyl (C=O) groups is 4. The van der Waals surface area contributed by atoms with Crippen LogP contribution in [0.1, 0.15) is 226 Å². The van der Waals surface area contributed by atoms with Crippen LogP contribution in [0, 0.1) is 0 Å². The van der Waals surface area contributed by atoms with Gasteiger partial charge in [-0.05, 0) is 51.4 Å². The van der Waals surface area contributed by atoms with Crippen molar-refractivity contribution >= 4 is 23.1 Å². The molecule has 0 aliphatic heterocycles. The van der Waals surface area contributed by atoms with Crippen molar-refractivity contribution in [2.75, 3.05) is 0 Å². The van der Waals surface area contributed by atoms with E-state index in [1.807, 2.05) is 0 Å². The van der Waals surface area contributed by atoms with Gasteiger partial charge in [-0.1, -0.05) is 123 Å². The lowest BCUT2D eigenvalue weighted by Crippen LogP contribution is -2.14. The fourth-order valence-corrected chi connectivity index (χ4v) is 6.77. The van der Waals surface area contributed by atoms with Gasteiger partial charge in [0.2, 0.25) is 0 Å². The van der Waals surface area contributed by atoms with Crippen LogP contribution in [-0.2, 0) is 19.2 Å². The first-order valence-electron chi connectivity index (χ1n) is 21.4. The fraction of sp³-hybridized carbons (Fsp3) is 0.907. The van der Waals surface area contributed by atoms with E-state index in [2.05, 4.69) is 13.8 Å². The highest BCUT2D eigenvalue weighted by atomic mass is 16.3. The molecule has 4 N–H and O–H groups in total. The molecular weight excluding hydrogens is 644 g/mol. The summed E-state index contributed by atoms with van der Waals surface area (Å²) in [6.07, 6.45) is 24.0. The van der Waals surface area contributed by atoms with Gasteiger partial charge in [0.15, 0.2) is 0 Å². The predicted molar refractivity (Wildman–Crippen MR) is 208 cm³/mol. The minimum Gasteiger partial charge on any atom is -0.393 e. The summed E-state index contributed by atoms with van der Waals surface area (Å²) < 4.78 is 0. The summed E-state index contributed by atoms with van der Waals surface area (Å²) in [5, 5.41) is 40.3. The molecule has 51 heavy (non-hydrogen) atoms. The quantitative estimate of drug-likeness (QED) is 0.0457. The Morgan fingerprint density at radius 1 is 0.314 bits per heavy atom. The molecule has 0 saturated carbocycles. The lowest BCUT2D eigenvalue weighted by molar-refractivity contribution is -0.122. The molecule has 0 aromatic heterocycles. The van der Waals surface area contributed by atoms with Crippen LogP contribution in [0.5, 0.6) is 0 Å². The molecule has 8 heteroatoms. The van der Waals surface area contributed by atoms with Crippen LogP contribution >= 0.6 is 0 Å². The van der Waals surface area contributed by atoms with Crippen molar-refractivity contribution < 1.29 is 39.6 Å². The Balaban J connectivity index is 3.58. The fourth-order valence-electron chi connectivity index (χ4n) is 6.77. The number of aliphatic hydroxyl groups excluding tert-OH is 4. The first-order valence-corrected chi connectivity index (χ1v) is 21.4. The van der Waals surface area contributed by atoms with Crippen molar-refractivity contribution in [3.05, 3.63) is 0 Å². The Morgan fingerprint density at radius 2 is 0.510 bits per heavy atom. The second kappa shape index (κ2) is 35.5. The molecule has 0 heterocycles. The molecule has 0 aromatic carbocycles. The van der Waals surface area contributed by atoms with E-state index in [4.69, 9.17) is 0 Å². The van der Waals surface area contributed by atoms with Gasteiger partial charge in [-0.15, -0.1) is 0 Å². The minimum absolute atomic E-state index is 0.115. The summed E-state index contributed by atoms with van der Waals surface area (Å²) in [5.74, 6) is 0.491. The Bertz CT molecular complexity index is 791. The van der Waals surface area contributed by atoms with Gasteiger partial charge in [0.05, 0.1) is 24.4 Å². The summed E-state index contributed by atoms with van der Waals surface area (Å²) >= 11 is 0. The summed E-state index contributed by atoms with van der Waals surface area (Å²) in [6, 6.07) is 0. The van der Waals surface area contributed by atoms with E-state index in [0.29, 0.717) is 51.4 Å². The third kappa shape index (κ3) is 35.3. The van der Waals surface area contributed by atoms with Crippen LogP contribution in [-0.4, -0.2) is 68.0 Å². The lowest BCUT2D eigenvalue weighted by Gasteiger charge is -2.11. The second-order valence-corrected chi connectivity index (χ2v) is 15.5. The number of carbonyl (C=O) groups excluding carboxylic acids is 4. The van der Waals surface area contributed by atoms with Crippen LogP contribution in [0.25, 0.3) is 0 Å². The first kappa shape index (κ1) is 49.5. The highest BCUT2D eigenvalue weighted by Crippen LogP contribution is 2.17. The zero-order valence-electron chi connectivity index (χ0n) is 33.1. The monoisotopic (exact) mass is 725 g/mol. The third-order valence-corrected chi connectivity index (χ3v) is 10.0. The van der Waals surface area contributed by atoms with Crippen LogP contribution in [0.2, 0.25) is 0 Å². The average Bonchev–Trinajstić information content (AvgIpc) is 3.07. The zero-order valence-corrected chi connectivity index (χ0v) is 33.1. The summed E-state index contributed by atoms with van der Waals surface area (Å²) in [6.45, 7) is 4.24. The molecule has 0 saturated heterocycles. The molecule has 4 unspecified atom stereocenters. The first-order chi connectivity index (χ1) is 24.6. The van der Waals surface area contributed by atoms with Crippen LogP contribution < -0.4 is 0 Å². The maximum Gasteiger partial charge on any atom is 0.135 e. The van der Waals surface area contributed by atoms with Gasteiger partial charge >= 0.3 is 0 Å². The molecule has 8 nitrogen and oxygen atoms in total. The Kier molecular flexibility index (Phi) is 34.5. The molecule has 0 amide bonds. The van der Waals surface area contributed by atoms with E-state index in [1.165, 1.54) is 0 Å². The average molecular weight is 725 g/mol. The van der Waals surface area contributed by atoms with Gasteiger partial charge in [-0.25, -0.2) is 0 Å². The van der Waals surface area contributed by atoms with Gasteiger partial charge in [-0.3, -0.25) is 19.2 Å². The number of Topliss-reactive ketones (excluding diaryl/α,β-unsaturated/α-hetero) is 4. The Labute approximate surface area is 312 Å². The number of hydrogen-bond acceptors (Lipinski definition) is 8. The normalized spacial score (nSPS) is 13.9. The highest BCUT2D eigenvalue weighted by Gasteiger charge is 2.14. The van der Waals surface area contributed by atoms with Gasteiger partial charge in [0, 0.05) is 51.4 Å². The van der Waals surface area contributed by atoms with E-state index >= 15 is 0 Å². The largest absolute Gasteiger partial charge is 0.393 e. The number of ketones is 4. The minimum atomic E-state index is -0.597. The molecule has 0 radical (unpaired) electrons. The van der Waals surface area contributed by atoms with Gasteiger partial charge in [0.25, 0.3) is 0 Å². The van der Waals surface area contributed by atoms with Crippen LogP contribution in [0.3, 0.4) is 0 Å². The molecule has 0 aliphatic rings. The molecule has 300 valence electrons. The van der Waals surface area contributed by atoms with Crippen LogP contribution in [0.4, 0.5) is 0 Å². The van der Waals surface area contributed by atoms with Crippen molar-refractivity contribution in [2.45, 2.75) is 250 Å². The molecule has 0 rings (SSSR count). The summed E-state index contributed by atoms with van der Waals surface area (Å²) in [4.78, 5) is 48.5. The number of unbranched alkanes of at least 4 members (excludes halogenated alkanes) is 16. The number of rotatable bonds is 40. The van der Waals surface area contributed by atoms with Crippen molar-refractivity contribution in [2.24, 2.45) is 0 Å². The van der Waals surface area contributed by atoms with E-state index < -0.39 is 24.4 Å². The maximum absolute atomic E-state index is 12.2. The summed E-state index contributed by atoms with van der Waals surface area (Å²) in [7, 11) is 0. The van der Waals surface area contributed by atoms with E-state index in [1.54, 1.807) is 0 Å². The van der Waals surface area contributed by atoms with E-state index in [0.717, 1.165) is 135 Å². The smallest absolute Gasteiger partial charge is 0.135 e. The standard InChI is InChI=1S/C43H80O8/c1-3-5-16-24-36(44)32-40(48)28-20-14-22-30-42(50)34-38(46)26-18-12-10-8-7-9-11-13-19-27-39(47)35-43(51)31-23-15-21-29-41(49)33-37(45)25-17-6-4-2/h36-37,42-45,50-51H,3-35H2,1-2H3. The SMILES string of the molecule is CCCCCC(O)CC(=O)CCCCCC(O)CC(=O)CCCCCCCCCCCC(=O)CC(O)CCCCCC(=O)CC(O)CCCCC. The van der Waals surface area contributed by atoms with Crippen molar-refractivity contribution in [3.8, 4) is 0 Å². The second-order valence-electron chi connectivity index (χ2n) is 15.5. The Hall–Kier alpha value is -1.48. The molecule has 0 spiro atoms. The molecule has 0 aromatic rings. The molecule has 0 fully saturated rings. The summed E-state index contributed by atoms with van der Waals surface area (Å²) in [5.41, 5.74) is 0. The third-order valence-electron chi connectivity index (χ3n) is 10.0. The van der Waals surface area contributed by atoms with Gasteiger partial charge in [0.1, 0.15) is 23.1 Å². The molecule has 0 aliphatic carbocycles. The number of hydrogen-bond donors (Lipinski definition) is 4. The predicted octanol–water partition coefficient (Wildman–Crippen LogP) is 9.62. The Morgan fingerprint density at radius 3 is 0.745 bits per heavy atom. The maximum atomic E-state index is 12.2. The number of aliphatic hydroxyl groups is 4. The zero-order chi connectivity index (χ0) is 38.0. The van der Waals surface area contributed by atoms with Gasteiger partial charge < -0.3 is 20.4 Å². The van der Waals surface area contributed by atoms with E-state index in [-0.39, 0.29) is 48.8 Å². The van der Waals surface area contributed by atoms with Crippen molar-refractivity contribution in [1.29, 1.82) is 0 Å². The highest BCUT2D eigenvalue weighted by molar-refractivity contribution is 5.79. The lowest BCUT2D eigenvalue weighted by atomic mass is 9.99.